The van der Waals surface area contributed by atoms with E-state index < -0.39 is 17.9 Å². The Labute approximate surface area is 117 Å². The standard InChI is InChI=1S/C14H20F3N3/c1-10(2)20(8-11-6-4-3-5-7-11)9-12(13(18)19)14(15,16)17/h3-7,10,12H,8-9H2,1-2H3,(H3,18,19). The van der Waals surface area contributed by atoms with Gasteiger partial charge in [-0.05, 0) is 19.4 Å². The summed E-state index contributed by atoms with van der Waals surface area (Å²) in [5.41, 5.74) is 6.04. The molecule has 3 nitrogen and oxygen atoms in total. The van der Waals surface area contributed by atoms with Crippen molar-refractivity contribution in [2.45, 2.75) is 32.6 Å². The summed E-state index contributed by atoms with van der Waals surface area (Å²) in [7, 11) is 0. The zero-order chi connectivity index (χ0) is 15.3. The fraction of sp³-hybridized carbons (Fsp3) is 0.500. The normalized spacial score (nSPS) is 13.8. The minimum Gasteiger partial charge on any atom is -0.387 e. The predicted octanol–water partition coefficient (Wildman–Crippen LogP) is 3.01. The van der Waals surface area contributed by atoms with Crippen LogP contribution < -0.4 is 5.73 Å². The van der Waals surface area contributed by atoms with Gasteiger partial charge in [-0.15, -0.1) is 0 Å². The molecule has 0 fully saturated rings. The molecule has 0 radical (unpaired) electrons. The minimum atomic E-state index is -4.49. The first-order chi connectivity index (χ1) is 9.21. The van der Waals surface area contributed by atoms with Crippen molar-refractivity contribution in [3.63, 3.8) is 0 Å². The molecule has 0 aromatic heterocycles. The van der Waals surface area contributed by atoms with E-state index >= 15 is 0 Å². The van der Waals surface area contributed by atoms with Gasteiger partial charge in [-0.2, -0.15) is 13.2 Å². The molecule has 1 unspecified atom stereocenters. The Balaban J connectivity index is 2.84. The Hall–Kier alpha value is -1.56. The van der Waals surface area contributed by atoms with Crippen LogP contribution in [0, 0.1) is 11.3 Å². The Kier molecular flexibility index (Phi) is 5.56. The van der Waals surface area contributed by atoms with E-state index in [1.165, 1.54) is 0 Å². The van der Waals surface area contributed by atoms with Gasteiger partial charge in [-0.3, -0.25) is 10.3 Å². The lowest BCUT2D eigenvalue weighted by atomic mass is 10.1. The van der Waals surface area contributed by atoms with Crippen molar-refractivity contribution in [2.75, 3.05) is 6.54 Å². The number of nitrogens with one attached hydrogen (secondary N) is 1. The second kappa shape index (κ2) is 6.74. The van der Waals surface area contributed by atoms with Crippen LogP contribution in [0.15, 0.2) is 30.3 Å². The summed E-state index contributed by atoms with van der Waals surface area (Å²) < 4.78 is 38.7. The highest BCUT2D eigenvalue weighted by Gasteiger charge is 2.43. The Morgan fingerprint density at radius 1 is 1.25 bits per heavy atom. The maximum Gasteiger partial charge on any atom is 0.399 e. The van der Waals surface area contributed by atoms with Crippen molar-refractivity contribution < 1.29 is 13.2 Å². The van der Waals surface area contributed by atoms with Crippen LogP contribution in [0.4, 0.5) is 13.2 Å². The van der Waals surface area contributed by atoms with Gasteiger partial charge in [0.05, 0.1) is 0 Å². The Morgan fingerprint density at radius 2 is 1.80 bits per heavy atom. The van der Waals surface area contributed by atoms with Gasteiger partial charge in [0.1, 0.15) is 11.8 Å². The molecule has 0 amide bonds. The maximum absolute atomic E-state index is 12.9. The number of benzene rings is 1. The molecule has 3 N–H and O–H groups in total. The number of alkyl halides is 3. The van der Waals surface area contributed by atoms with Crippen LogP contribution in [-0.4, -0.2) is 29.5 Å². The van der Waals surface area contributed by atoms with Crippen LogP contribution in [0.25, 0.3) is 0 Å². The number of hydrogen-bond donors (Lipinski definition) is 2. The first-order valence-electron chi connectivity index (χ1n) is 6.40. The molecule has 0 saturated heterocycles. The molecule has 0 spiro atoms. The van der Waals surface area contributed by atoms with Crippen molar-refractivity contribution in [1.82, 2.24) is 4.90 Å². The minimum absolute atomic E-state index is 0.0700. The number of nitrogens with two attached hydrogens (primary N) is 1. The van der Waals surface area contributed by atoms with Crippen LogP contribution >= 0.6 is 0 Å². The molecule has 0 aliphatic heterocycles. The summed E-state index contributed by atoms with van der Waals surface area (Å²) in [6.07, 6.45) is -4.49. The second-order valence-corrected chi connectivity index (χ2v) is 5.06. The highest BCUT2D eigenvalue weighted by atomic mass is 19.4. The van der Waals surface area contributed by atoms with Gasteiger partial charge in [-0.25, -0.2) is 0 Å². The van der Waals surface area contributed by atoms with Gasteiger partial charge in [0.25, 0.3) is 0 Å². The predicted molar refractivity (Wildman–Crippen MR) is 73.4 cm³/mol. The molecule has 6 heteroatoms. The summed E-state index contributed by atoms with van der Waals surface area (Å²) in [5, 5.41) is 7.15. The molecule has 0 saturated carbocycles. The van der Waals surface area contributed by atoms with E-state index in [-0.39, 0.29) is 12.6 Å². The number of halogens is 3. The van der Waals surface area contributed by atoms with Gasteiger partial charge in [0, 0.05) is 19.1 Å². The number of amidine groups is 1. The zero-order valence-corrected chi connectivity index (χ0v) is 11.6. The van der Waals surface area contributed by atoms with E-state index in [2.05, 4.69) is 0 Å². The van der Waals surface area contributed by atoms with Gasteiger partial charge in [0.15, 0.2) is 0 Å². The van der Waals surface area contributed by atoms with Crippen LogP contribution in [0.2, 0.25) is 0 Å². The molecule has 0 aliphatic carbocycles. The third-order valence-electron chi connectivity index (χ3n) is 3.15. The van der Waals surface area contributed by atoms with Crippen molar-refractivity contribution in [3.05, 3.63) is 35.9 Å². The summed E-state index contributed by atoms with van der Waals surface area (Å²) in [5.74, 6) is -2.76. The average Bonchev–Trinajstić information content (AvgIpc) is 2.33. The fourth-order valence-corrected chi connectivity index (χ4v) is 1.89. The molecule has 20 heavy (non-hydrogen) atoms. The van der Waals surface area contributed by atoms with Crippen LogP contribution in [0.1, 0.15) is 19.4 Å². The van der Waals surface area contributed by atoms with Crippen LogP contribution in [-0.2, 0) is 6.54 Å². The van der Waals surface area contributed by atoms with Gasteiger partial charge < -0.3 is 5.73 Å². The fourth-order valence-electron chi connectivity index (χ4n) is 1.89. The third-order valence-corrected chi connectivity index (χ3v) is 3.15. The Bertz CT molecular complexity index is 429. The van der Waals surface area contributed by atoms with Crippen LogP contribution in [0.5, 0.6) is 0 Å². The molecule has 0 aliphatic rings. The molecule has 1 aromatic carbocycles. The van der Waals surface area contributed by atoms with E-state index in [0.29, 0.717) is 6.54 Å². The summed E-state index contributed by atoms with van der Waals surface area (Å²) >= 11 is 0. The first-order valence-corrected chi connectivity index (χ1v) is 6.40. The third kappa shape index (κ3) is 4.85. The molecular weight excluding hydrogens is 267 g/mol. The van der Waals surface area contributed by atoms with Gasteiger partial charge in [-0.1, -0.05) is 30.3 Å². The summed E-state index contributed by atoms with van der Waals surface area (Å²) in [4.78, 5) is 1.68. The lowest BCUT2D eigenvalue weighted by Crippen LogP contribution is -2.45. The maximum atomic E-state index is 12.9. The highest BCUT2D eigenvalue weighted by Crippen LogP contribution is 2.28. The molecular formula is C14H20F3N3. The van der Waals surface area contributed by atoms with Crippen molar-refractivity contribution in [1.29, 1.82) is 5.41 Å². The van der Waals surface area contributed by atoms with Gasteiger partial charge >= 0.3 is 6.18 Å². The average molecular weight is 287 g/mol. The van der Waals surface area contributed by atoms with Crippen LogP contribution in [0.3, 0.4) is 0 Å². The van der Waals surface area contributed by atoms with Gasteiger partial charge in [0.2, 0.25) is 0 Å². The topological polar surface area (TPSA) is 53.1 Å². The number of nitrogens with zero attached hydrogens (tertiary/aromatic N) is 1. The van der Waals surface area contributed by atoms with Crippen molar-refractivity contribution in [2.24, 2.45) is 11.7 Å². The molecule has 0 heterocycles. The van der Waals surface area contributed by atoms with E-state index in [1.807, 2.05) is 44.2 Å². The van der Waals surface area contributed by atoms with E-state index in [0.717, 1.165) is 5.56 Å². The zero-order valence-electron chi connectivity index (χ0n) is 11.6. The van der Waals surface area contributed by atoms with Crippen molar-refractivity contribution >= 4 is 5.84 Å². The Morgan fingerprint density at radius 3 is 2.20 bits per heavy atom. The van der Waals surface area contributed by atoms with E-state index in [1.54, 1.807) is 4.90 Å². The number of rotatable bonds is 6. The molecule has 1 atom stereocenters. The van der Waals surface area contributed by atoms with E-state index in [4.69, 9.17) is 11.1 Å². The lowest BCUT2D eigenvalue weighted by molar-refractivity contribution is -0.161. The lowest BCUT2D eigenvalue weighted by Gasteiger charge is -2.31. The second-order valence-electron chi connectivity index (χ2n) is 5.06. The SMILES string of the molecule is CC(C)N(Cc1ccccc1)CC(C(=N)N)C(F)(F)F. The monoisotopic (exact) mass is 287 g/mol. The van der Waals surface area contributed by atoms with E-state index in [9.17, 15) is 13.2 Å². The summed E-state index contributed by atoms with van der Waals surface area (Å²) in [6.45, 7) is 3.76. The molecule has 0 bridgehead atoms. The highest BCUT2D eigenvalue weighted by molar-refractivity contribution is 5.80. The molecule has 1 rings (SSSR count). The first kappa shape index (κ1) is 16.5. The molecule has 112 valence electrons. The summed E-state index contributed by atoms with van der Waals surface area (Å²) in [6, 6.07) is 9.22. The quantitative estimate of drug-likeness (QED) is 0.624. The largest absolute Gasteiger partial charge is 0.399 e. The van der Waals surface area contributed by atoms with Crippen molar-refractivity contribution in [3.8, 4) is 0 Å². The molecule has 1 aromatic rings. The number of hydrogen-bond acceptors (Lipinski definition) is 2. The smallest absolute Gasteiger partial charge is 0.387 e.